The first-order valence-electron chi connectivity index (χ1n) is 5.57. The van der Waals surface area contributed by atoms with Crippen LogP contribution in [0.1, 0.15) is 16.7 Å². The van der Waals surface area contributed by atoms with Crippen LogP contribution >= 0.6 is 15.9 Å². The van der Waals surface area contributed by atoms with Crippen LogP contribution in [0.5, 0.6) is 0 Å². The number of nitrogen functional groups attached to an aromatic ring is 1. The van der Waals surface area contributed by atoms with Crippen molar-refractivity contribution < 1.29 is 8.42 Å². The predicted molar refractivity (Wildman–Crippen MR) is 81.9 cm³/mol. The molecule has 0 saturated heterocycles. The van der Waals surface area contributed by atoms with E-state index < -0.39 is 10.3 Å². The quantitative estimate of drug-likeness (QED) is 0.520. The van der Waals surface area contributed by atoms with E-state index in [0.29, 0.717) is 21.3 Å². The molecule has 0 fully saturated rings. The average molecular weight is 338 g/mol. The lowest BCUT2D eigenvalue weighted by Crippen LogP contribution is -2.06. The smallest absolute Gasteiger partial charge is 0.222 e. The van der Waals surface area contributed by atoms with E-state index in [2.05, 4.69) is 15.9 Å². The summed E-state index contributed by atoms with van der Waals surface area (Å²) in [6.07, 6.45) is 0. The molecule has 2 N–H and O–H groups in total. The molecule has 2 aromatic carbocycles. The van der Waals surface area contributed by atoms with Gasteiger partial charge in [0.05, 0.1) is 0 Å². The van der Waals surface area contributed by atoms with Gasteiger partial charge in [-0.05, 0) is 24.6 Å². The van der Waals surface area contributed by atoms with Crippen LogP contribution in [0.2, 0.25) is 0 Å². The van der Waals surface area contributed by atoms with Gasteiger partial charge in [-0.15, -0.1) is 0 Å². The maximum absolute atomic E-state index is 11.5. The first-order chi connectivity index (χ1) is 8.99. The number of halogens is 1. The number of benzene rings is 2. The first kappa shape index (κ1) is 13.8. The molecule has 3 nitrogen and oxygen atoms in total. The zero-order valence-electron chi connectivity index (χ0n) is 10.2. The minimum Gasteiger partial charge on any atom is -0.399 e. The van der Waals surface area contributed by atoms with E-state index in [-0.39, 0.29) is 4.86 Å². The Hall–Kier alpha value is -1.59. The molecule has 2 rings (SSSR count). The molecular weight excluding hydrogens is 326 g/mol. The molecule has 0 aliphatic carbocycles. The van der Waals surface area contributed by atoms with Crippen LogP contribution in [0, 0.1) is 6.92 Å². The number of rotatable bonds is 2. The number of hydrogen-bond donors (Lipinski definition) is 1. The summed E-state index contributed by atoms with van der Waals surface area (Å²) in [6, 6.07) is 12.4. The van der Waals surface area contributed by atoms with Gasteiger partial charge in [0.2, 0.25) is 10.3 Å². The van der Waals surface area contributed by atoms with E-state index >= 15 is 0 Å². The molecule has 0 aromatic heterocycles. The maximum Gasteiger partial charge on any atom is 0.222 e. The Labute approximate surface area is 121 Å². The van der Waals surface area contributed by atoms with E-state index in [1.807, 2.05) is 19.1 Å². The van der Waals surface area contributed by atoms with Crippen LogP contribution < -0.4 is 5.73 Å². The summed E-state index contributed by atoms with van der Waals surface area (Å²) in [5.41, 5.74) is 8.59. The maximum atomic E-state index is 11.5. The minimum atomic E-state index is -2.33. The summed E-state index contributed by atoms with van der Waals surface area (Å²) in [4.78, 5) is 0.256. The second-order valence-corrected chi connectivity index (χ2v) is 5.90. The van der Waals surface area contributed by atoms with Gasteiger partial charge < -0.3 is 5.73 Å². The van der Waals surface area contributed by atoms with Gasteiger partial charge in [0, 0.05) is 15.7 Å². The van der Waals surface area contributed by atoms with E-state index in [0.717, 1.165) is 5.56 Å². The van der Waals surface area contributed by atoms with Crippen molar-refractivity contribution in [2.45, 2.75) is 6.92 Å². The molecule has 98 valence electrons. The molecule has 0 amide bonds. The number of hydrogen-bond acceptors (Lipinski definition) is 3. The Kier molecular flexibility index (Phi) is 4.07. The third kappa shape index (κ3) is 3.05. The summed E-state index contributed by atoms with van der Waals surface area (Å²) in [5, 5.41) is 0. The highest BCUT2D eigenvalue weighted by molar-refractivity contribution is 9.10. The van der Waals surface area contributed by atoms with Crippen molar-refractivity contribution in [1.82, 2.24) is 0 Å². The molecule has 0 atom stereocenters. The third-order valence-corrected chi connectivity index (χ3v) is 4.16. The first-order valence-corrected chi connectivity index (χ1v) is 7.44. The SMILES string of the molecule is Cc1ccc(C(c2ccc(N)cc2Br)=S(=O)=O)cc1. The highest BCUT2D eigenvalue weighted by Gasteiger charge is 2.12. The van der Waals surface area contributed by atoms with Gasteiger partial charge in [0.25, 0.3) is 0 Å². The monoisotopic (exact) mass is 337 g/mol. The molecule has 0 saturated carbocycles. The van der Waals surface area contributed by atoms with E-state index in [1.54, 1.807) is 30.3 Å². The molecule has 0 aliphatic heterocycles. The lowest BCUT2D eigenvalue weighted by molar-refractivity contribution is 0.627. The molecule has 0 unspecified atom stereocenters. The average Bonchev–Trinajstić information content (AvgIpc) is 2.34. The molecule has 2 aromatic rings. The van der Waals surface area contributed by atoms with Crippen LogP contribution in [-0.2, 0) is 10.3 Å². The Morgan fingerprint density at radius 2 is 1.74 bits per heavy atom. The van der Waals surface area contributed by atoms with E-state index in [4.69, 9.17) is 5.73 Å². The minimum absolute atomic E-state index is 0.256. The second-order valence-electron chi connectivity index (χ2n) is 4.17. The van der Waals surface area contributed by atoms with Gasteiger partial charge in [-0.25, -0.2) is 0 Å². The van der Waals surface area contributed by atoms with Crippen LogP contribution in [0.3, 0.4) is 0 Å². The Bertz CT molecular complexity index is 742. The Balaban J connectivity index is 2.67. The van der Waals surface area contributed by atoms with Gasteiger partial charge in [0.1, 0.15) is 4.86 Å². The summed E-state index contributed by atoms with van der Waals surface area (Å²) in [5.74, 6) is 0. The van der Waals surface area contributed by atoms with E-state index in [1.165, 1.54) is 0 Å². The van der Waals surface area contributed by atoms with Crippen molar-refractivity contribution in [2.24, 2.45) is 0 Å². The molecule has 0 bridgehead atoms. The summed E-state index contributed by atoms with van der Waals surface area (Å²) in [7, 11) is -2.33. The zero-order chi connectivity index (χ0) is 14.0. The second kappa shape index (κ2) is 5.59. The fraction of sp³-hybridized carbons (Fsp3) is 0.0714. The molecule has 0 radical (unpaired) electrons. The van der Waals surface area contributed by atoms with Crippen LogP contribution in [0.15, 0.2) is 46.9 Å². The summed E-state index contributed by atoms with van der Waals surface area (Å²) in [6.45, 7) is 1.96. The highest BCUT2D eigenvalue weighted by Crippen LogP contribution is 2.23. The molecule has 0 aliphatic rings. The number of aryl methyl sites for hydroxylation is 1. The highest BCUT2D eigenvalue weighted by atomic mass is 79.9. The number of anilines is 1. The van der Waals surface area contributed by atoms with Crippen LogP contribution in [-0.4, -0.2) is 13.3 Å². The fourth-order valence-corrected chi connectivity index (χ4v) is 3.17. The normalized spacial score (nSPS) is 10.2. The van der Waals surface area contributed by atoms with E-state index in [9.17, 15) is 8.42 Å². The van der Waals surface area contributed by atoms with Gasteiger partial charge >= 0.3 is 0 Å². The molecule has 0 spiro atoms. The molecular formula is C14H12BrNO2S. The van der Waals surface area contributed by atoms with Crippen molar-refractivity contribution >= 4 is 36.8 Å². The predicted octanol–water partition coefficient (Wildman–Crippen LogP) is 2.79. The van der Waals surface area contributed by atoms with Gasteiger partial charge in [-0.1, -0.05) is 51.8 Å². The lowest BCUT2D eigenvalue weighted by Gasteiger charge is -2.07. The van der Waals surface area contributed by atoms with Crippen LogP contribution in [0.4, 0.5) is 5.69 Å². The largest absolute Gasteiger partial charge is 0.399 e. The summed E-state index contributed by atoms with van der Waals surface area (Å²) < 4.78 is 23.7. The van der Waals surface area contributed by atoms with Crippen molar-refractivity contribution in [3.8, 4) is 0 Å². The molecule has 19 heavy (non-hydrogen) atoms. The van der Waals surface area contributed by atoms with Crippen molar-refractivity contribution in [3.05, 3.63) is 63.6 Å². The van der Waals surface area contributed by atoms with Crippen molar-refractivity contribution in [3.63, 3.8) is 0 Å². The Morgan fingerprint density at radius 3 is 2.26 bits per heavy atom. The van der Waals surface area contributed by atoms with Crippen LogP contribution in [0.25, 0.3) is 0 Å². The third-order valence-electron chi connectivity index (χ3n) is 2.72. The van der Waals surface area contributed by atoms with Gasteiger partial charge in [-0.3, -0.25) is 0 Å². The molecule has 5 heteroatoms. The Morgan fingerprint density at radius 1 is 1.11 bits per heavy atom. The topological polar surface area (TPSA) is 60.2 Å². The fourth-order valence-electron chi connectivity index (χ4n) is 1.76. The lowest BCUT2D eigenvalue weighted by atomic mass is 10.0. The number of nitrogens with two attached hydrogens (primary N) is 1. The summed E-state index contributed by atoms with van der Waals surface area (Å²) >= 11 is 3.35. The van der Waals surface area contributed by atoms with Crippen molar-refractivity contribution in [1.29, 1.82) is 0 Å². The van der Waals surface area contributed by atoms with Gasteiger partial charge in [-0.2, -0.15) is 8.42 Å². The van der Waals surface area contributed by atoms with Gasteiger partial charge in [0.15, 0.2) is 0 Å². The van der Waals surface area contributed by atoms with Crippen molar-refractivity contribution in [2.75, 3.05) is 5.73 Å². The molecule has 0 heterocycles. The standard InChI is InChI=1S/C14H12BrNO2S/c1-9-2-4-10(5-3-9)14(19(17)18)12-7-6-11(16)8-13(12)15/h2-8H,16H2,1H3. The zero-order valence-corrected chi connectivity index (χ0v) is 12.6.